The van der Waals surface area contributed by atoms with Gasteiger partial charge in [0.1, 0.15) is 0 Å². The number of hydrogen-bond acceptors (Lipinski definition) is 6. The van der Waals surface area contributed by atoms with E-state index in [-0.39, 0.29) is 17.6 Å². The van der Waals surface area contributed by atoms with E-state index in [0.717, 1.165) is 33.5 Å². The molecule has 0 unspecified atom stereocenters. The van der Waals surface area contributed by atoms with Crippen LogP contribution in [0.4, 0.5) is 10.8 Å². The van der Waals surface area contributed by atoms with Crippen molar-refractivity contribution in [3.8, 4) is 11.1 Å². The smallest absolute Gasteiger partial charge is 0.257 e. The van der Waals surface area contributed by atoms with E-state index in [0.29, 0.717) is 15.0 Å². The standard InChI is InChI=1S/C26H24N4O2S2/c1-16-13-17(2)23(18(3)14-16)27-22(31)15-33-26-30-29-25(34-26)28-24(32)21-11-9-20(10-12-21)19-7-5-4-6-8-19/h4-14H,15H2,1-3H3,(H,27,31)(H,28,29,32). The third kappa shape index (κ3) is 5.89. The van der Waals surface area contributed by atoms with Crippen LogP contribution in [0, 0.1) is 20.8 Å². The highest BCUT2D eigenvalue weighted by molar-refractivity contribution is 8.01. The van der Waals surface area contributed by atoms with Gasteiger partial charge in [-0.05, 0) is 55.2 Å². The minimum absolute atomic E-state index is 0.112. The maximum atomic E-state index is 12.6. The van der Waals surface area contributed by atoms with Gasteiger partial charge in [0, 0.05) is 11.3 Å². The summed E-state index contributed by atoms with van der Waals surface area (Å²) in [5.41, 5.74) is 6.75. The summed E-state index contributed by atoms with van der Waals surface area (Å²) < 4.78 is 0.613. The molecule has 1 heterocycles. The second-order valence-corrected chi connectivity index (χ2v) is 10.1. The number of carbonyl (C=O) groups excluding carboxylic acids is 2. The molecule has 3 aromatic carbocycles. The molecule has 34 heavy (non-hydrogen) atoms. The number of carbonyl (C=O) groups is 2. The second kappa shape index (κ2) is 10.6. The SMILES string of the molecule is Cc1cc(C)c(NC(=O)CSc2nnc(NC(=O)c3ccc(-c4ccccc4)cc3)s2)c(C)c1. The lowest BCUT2D eigenvalue weighted by Crippen LogP contribution is -2.15. The minimum Gasteiger partial charge on any atom is -0.325 e. The minimum atomic E-state index is -0.254. The molecule has 172 valence electrons. The maximum Gasteiger partial charge on any atom is 0.257 e. The van der Waals surface area contributed by atoms with Gasteiger partial charge in [0.25, 0.3) is 5.91 Å². The molecule has 0 saturated carbocycles. The molecule has 6 nitrogen and oxygen atoms in total. The van der Waals surface area contributed by atoms with Gasteiger partial charge >= 0.3 is 0 Å². The average Bonchev–Trinajstić information content (AvgIpc) is 3.28. The van der Waals surface area contributed by atoms with E-state index in [1.807, 2.05) is 75.4 Å². The molecule has 0 aliphatic heterocycles. The van der Waals surface area contributed by atoms with E-state index in [9.17, 15) is 9.59 Å². The van der Waals surface area contributed by atoms with Crippen LogP contribution >= 0.6 is 23.1 Å². The van der Waals surface area contributed by atoms with Crippen LogP contribution < -0.4 is 10.6 Å². The van der Waals surface area contributed by atoms with Crippen LogP contribution in [0.3, 0.4) is 0 Å². The van der Waals surface area contributed by atoms with Crippen molar-refractivity contribution in [2.45, 2.75) is 25.1 Å². The molecular weight excluding hydrogens is 464 g/mol. The van der Waals surface area contributed by atoms with E-state index in [1.54, 1.807) is 12.1 Å². The van der Waals surface area contributed by atoms with Gasteiger partial charge in [0.15, 0.2) is 4.34 Å². The fourth-order valence-corrected chi connectivity index (χ4v) is 5.16. The molecule has 2 N–H and O–H groups in total. The van der Waals surface area contributed by atoms with Gasteiger partial charge < -0.3 is 5.32 Å². The number of amides is 2. The zero-order chi connectivity index (χ0) is 24.1. The van der Waals surface area contributed by atoms with Gasteiger partial charge in [-0.15, -0.1) is 10.2 Å². The summed E-state index contributed by atoms with van der Waals surface area (Å²) in [7, 11) is 0. The van der Waals surface area contributed by atoms with E-state index >= 15 is 0 Å². The highest BCUT2D eigenvalue weighted by Crippen LogP contribution is 2.27. The first kappa shape index (κ1) is 23.7. The largest absolute Gasteiger partial charge is 0.325 e. The number of rotatable bonds is 7. The Morgan fingerprint density at radius 1 is 0.853 bits per heavy atom. The summed E-state index contributed by atoms with van der Waals surface area (Å²) in [6.07, 6.45) is 0. The Morgan fingerprint density at radius 3 is 2.18 bits per heavy atom. The van der Waals surface area contributed by atoms with Crippen LogP contribution in [0.1, 0.15) is 27.0 Å². The Labute approximate surface area is 206 Å². The lowest BCUT2D eigenvalue weighted by molar-refractivity contribution is -0.113. The molecule has 0 aliphatic rings. The van der Waals surface area contributed by atoms with Gasteiger partial charge in [-0.3, -0.25) is 14.9 Å². The maximum absolute atomic E-state index is 12.6. The average molecular weight is 489 g/mol. The van der Waals surface area contributed by atoms with Crippen molar-refractivity contribution in [3.05, 3.63) is 89.0 Å². The second-order valence-electron chi connectivity index (χ2n) is 7.88. The highest BCUT2D eigenvalue weighted by Gasteiger charge is 2.13. The van der Waals surface area contributed by atoms with Gasteiger partial charge in [0.05, 0.1) is 5.75 Å². The van der Waals surface area contributed by atoms with E-state index in [2.05, 4.69) is 20.8 Å². The number of aryl methyl sites for hydroxylation is 3. The molecule has 0 fully saturated rings. The molecule has 0 bridgehead atoms. The normalized spacial score (nSPS) is 10.7. The highest BCUT2D eigenvalue weighted by atomic mass is 32.2. The summed E-state index contributed by atoms with van der Waals surface area (Å²) in [5.74, 6) is -0.161. The lowest BCUT2D eigenvalue weighted by atomic mass is 10.0. The van der Waals surface area contributed by atoms with E-state index < -0.39 is 0 Å². The Hall–Kier alpha value is -3.49. The first-order valence-electron chi connectivity index (χ1n) is 10.7. The Balaban J connectivity index is 1.31. The quantitative estimate of drug-likeness (QED) is 0.242. The van der Waals surface area contributed by atoms with Gasteiger partial charge in [0.2, 0.25) is 11.0 Å². The molecule has 0 atom stereocenters. The molecule has 0 radical (unpaired) electrons. The van der Waals surface area contributed by atoms with Crippen molar-refractivity contribution in [1.82, 2.24) is 10.2 Å². The van der Waals surface area contributed by atoms with Crippen LogP contribution in [0.15, 0.2) is 71.1 Å². The zero-order valence-electron chi connectivity index (χ0n) is 19.1. The van der Waals surface area contributed by atoms with Crippen molar-refractivity contribution >= 4 is 45.7 Å². The number of anilines is 2. The molecule has 4 aromatic rings. The third-order valence-electron chi connectivity index (χ3n) is 5.15. The van der Waals surface area contributed by atoms with Gasteiger partial charge in [-0.2, -0.15) is 0 Å². The third-order valence-corrected chi connectivity index (χ3v) is 7.12. The first-order chi connectivity index (χ1) is 16.4. The molecule has 0 spiro atoms. The van der Waals surface area contributed by atoms with Crippen molar-refractivity contribution < 1.29 is 9.59 Å². The zero-order valence-corrected chi connectivity index (χ0v) is 20.7. The number of hydrogen-bond donors (Lipinski definition) is 2. The summed E-state index contributed by atoms with van der Waals surface area (Å²) in [5, 5.41) is 14.3. The summed E-state index contributed by atoms with van der Waals surface area (Å²) >= 11 is 2.53. The van der Waals surface area contributed by atoms with Crippen LogP contribution in [-0.4, -0.2) is 27.8 Å². The topological polar surface area (TPSA) is 84.0 Å². The molecule has 0 aliphatic carbocycles. The first-order valence-corrected chi connectivity index (χ1v) is 12.5. The number of aromatic nitrogens is 2. The molecule has 1 aromatic heterocycles. The summed E-state index contributed by atoms with van der Waals surface area (Å²) in [6.45, 7) is 6.00. The summed E-state index contributed by atoms with van der Waals surface area (Å²) in [6, 6.07) is 21.5. The monoisotopic (exact) mass is 488 g/mol. The Kier molecular flexibility index (Phi) is 7.40. The number of nitrogens with zero attached hydrogens (tertiary/aromatic N) is 2. The van der Waals surface area contributed by atoms with Crippen molar-refractivity contribution in [2.24, 2.45) is 0 Å². The summed E-state index contributed by atoms with van der Waals surface area (Å²) in [4.78, 5) is 25.0. The van der Waals surface area contributed by atoms with E-state index in [4.69, 9.17) is 0 Å². The number of thioether (sulfide) groups is 1. The molecule has 8 heteroatoms. The Bertz CT molecular complexity index is 1300. The van der Waals surface area contributed by atoms with Crippen LogP contribution in [-0.2, 0) is 4.79 Å². The predicted octanol–water partition coefficient (Wildman–Crippen LogP) is 6.11. The van der Waals surface area contributed by atoms with Crippen LogP contribution in [0.5, 0.6) is 0 Å². The van der Waals surface area contributed by atoms with Crippen molar-refractivity contribution in [1.29, 1.82) is 0 Å². The Morgan fingerprint density at radius 2 is 1.50 bits per heavy atom. The number of benzene rings is 3. The predicted molar refractivity (Wildman–Crippen MR) is 140 cm³/mol. The molecular formula is C26H24N4O2S2. The fourth-order valence-electron chi connectivity index (χ4n) is 3.61. The molecule has 2 amide bonds. The van der Waals surface area contributed by atoms with Crippen molar-refractivity contribution in [3.63, 3.8) is 0 Å². The number of nitrogens with one attached hydrogen (secondary N) is 2. The van der Waals surface area contributed by atoms with Crippen molar-refractivity contribution in [2.75, 3.05) is 16.4 Å². The van der Waals surface area contributed by atoms with Crippen LogP contribution in [0.2, 0.25) is 0 Å². The lowest BCUT2D eigenvalue weighted by Gasteiger charge is -2.12. The fraction of sp³-hybridized carbons (Fsp3) is 0.154. The molecule has 0 saturated heterocycles. The van der Waals surface area contributed by atoms with Crippen LogP contribution in [0.25, 0.3) is 11.1 Å². The van der Waals surface area contributed by atoms with E-state index in [1.165, 1.54) is 23.1 Å². The van der Waals surface area contributed by atoms with Gasteiger partial charge in [-0.25, -0.2) is 0 Å². The van der Waals surface area contributed by atoms with Gasteiger partial charge in [-0.1, -0.05) is 83.3 Å². The molecule has 4 rings (SSSR count).